The first kappa shape index (κ1) is 27.9. The fourth-order valence-electron chi connectivity index (χ4n) is 3.40. The maximum atomic E-state index is 12.2. The Hall–Kier alpha value is -1.14. The molecule has 172 valence electrons. The van der Waals surface area contributed by atoms with Crippen LogP contribution < -0.4 is 5.32 Å². The normalized spacial score (nSPS) is 12.3. The molecular weight excluding hydrogens is 368 g/mol. The molecule has 0 aliphatic rings. The molecule has 29 heavy (non-hydrogen) atoms. The summed E-state index contributed by atoms with van der Waals surface area (Å²) in [6.07, 6.45) is 13.1. The number of rotatable bonds is 21. The van der Waals surface area contributed by atoms with Crippen molar-refractivity contribution in [2.24, 2.45) is 0 Å². The molecule has 0 radical (unpaired) electrons. The van der Waals surface area contributed by atoms with Gasteiger partial charge in [-0.3, -0.25) is 9.59 Å². The van der Waals surface area contributed by atoms with Crippen LogP contribution in [0.25, 0.3) is 0 Å². The Morgan fingerprint density at radius 3 is 1.93 bits per heavy atom. The van der Waals surface area contributed by atoms with E-state index in [1.165, 1.54) is 51.4 Å². The second-order valence-corrected chi connectivity index (χ2v) is 7.83. The van der Waals surface area contributed by atoms with Crippen molar-refractivity contribution in [3.8, 4) is 0 Å². The number of esters is 1. The Bertz CT molecular complexity index is 400. The van der Waals surface area contributed by atoms with E-state index in [4.69, 9.17) is 9.84 Å². The highest BCUT2D eigenvalue weighted by Crippen LogP contribution is 2.10. The molecule has 0 fully saturated rings. The number of unbranched alkanes of at least 4 members (excludes halogenated alkanes) is 9. The molecule has 6 heteroatoms. The first-order valence-corrected chi connectivity index (χ1v) is 11.9. The number of carboxylic acid groups (broad SMARTS) is 1. The minimum Gasteiger partial charge on any atom is -0.481 e. The summed E-state index contributed by atoms with van der Waals surface area (Å²) < 4.78 is 5.30. The first-order chi connectivity index (χ1) is 14.0. The molecule has 0 heterocycles. The topological polar surface area (TPSA) is 78.9 Å². The van der Waals surface area contributed by atoms with Gasteiger partial charge in [0.15, 0.2) is 0 Å². The maximum Gasteiger partial charge on any atom is 0.323 e. The van der Waals surface area contributed by atoms with Crippen LogP contribution in [0.3, 0.4) is 0 Å². The zero-order valence-corrected chi connectivity index (χ0v) is 19.2. The summed E-state index contributed by atoms with van der Waals surface area (Å²) in [7, 11) is 0. The van der Waals surface area contributed by atoms with Crippen LogP contribution in [0.15, 0.2) is 0 Å². The molecule has 1 unspecified atom stereocenters. The van der Waals surface area contributed by atoms with Crippen LogP contribution in [-0.4, -0.2) is 60.8 Å². The van der Waals surface area contributed by atoms with Crippen molar-refractivity contribution in [1.29, 1.82) is 0 Å². The van der Waals surface area contributed by atoms with Gasteiger partial charge in [-0.2, -0.15) is 0 Å². The highest BCUT2D eigenvalue weighted by atomic mass is 16.5. The van der Waals surface area contributed by atoms with Crippen molar-refractivity contribution in [2.45, 2.75) is 104 Å². The average Bonchev–Trinajstić information content (AvgIpc) is 2.70. The zero-order valence-electron chi connectivity index (χ0n) is 19.2. The number of hydrogen-bond acceptors (Lipinski definition) is 5. The predicted molar refractivity (Wildman–Crippen MR) is 119 cm³/mol. The summed E-state index contributed by atoms with van der Waals surface area (Å²) in [4.78, 5) is 25.5. The van der Waals surface area contributed by atoms with Gasteiger partial charge in [-0.15, -0.1) is 0 Å². The molecule has 1 atom stereocenters. The van der Waals surface area contributed by atoms with Crippen LogP contribution in [0.5, 0.6) is 0 Å². The van der Waals surface area contributed by atoms with E-state index in [2.05, 4.69) is 31.0 Å². The number of carbonyl (C=O) groups is 2. The van der Waals surface area contributed by atoms with Gasteiger partial charge in [-0.05, 0) is 32.5 Å². The molecule has 0 aromatic carbocycles. The third-order valence-corrected chi connectivity index (χ3v) is 5.34. The van der Waals surface area contributed by atoms with Gasteiger partial charge in [0.1, 0.15) is 6.04 Å². The molecule has 0 saturated carbocycles. The highest BCUT2D eigenvalue weighted by molar-refractivity contribution is 5.81. The van der Waals surface area contributed by atoms with E-state index in [0.717, 1.165) is 38.9 Å². The van der Waals surface area contributed by atoms with Gasteiger partial charge in [0.05, 0.1) is 13.0 Å². The summed E-state index contributed by atoms with van der Waals surface area (Å²) in [5, 5.41) is 12.1. The van der Waals surface area contributed by atoms with Gasteiger partial charge < -0.3 is 20.1 Å². The van der Waals surface area contributed by atoms with Crippen molar-refractivity contribution in [3.05, 3.63) is 0 Å². The van der Waals surface area contributed by atoms with Crippen LogP contribution in [0.1, 0.15) is 97.8 Å². The Kier molecular flexibility index (Phi) is 19.4. The van der Waals surface area contributed by atoms with E-state index in [-0.39, 0.29) is 6.42 Å². The van der Waals surface area contributed by atoms with Crippen molar-refractivity contribution in [3.63, 3.8) is 0 Å². The van der Waals surface area contributed by atoms with Crippen LogP contribution in [0.2, 0.25) is 0 Å². The van der Waals surface area contributed by atoms with E-state index in [1.807, 2.05) is 0 Å². The molecule has 2 N–H and O–H groups in total. The van der Waals surface area contributed by atoms with E-state index in [1.54, 1.807) is 0 Å². The SMILES string of the molecule is CCCCCCCCCCCCNC(CC(=O)O)C(=O)OCCCN(CC)CC. The molecule has 0 spiro atoms. The lowest BCUT2D eigenvalue weighted by Crippen LogP contribution is -2.40. The molecule has 0 aromatic rings. The van der Waals surface area contributed by atoms with Gasteiger partial charge in [0.2, 0.25) is 0 Å². The minimum absolute atomic E-state index is 0.230. The smallest absolute Gasteiger partial charge is 0.323 e. The molecule has 0 amide bonds. The van der Waals surface area contributed by atoms with E-state index < -0.39 is 18.0 Å². The fourth-order valence-corrected chi connectivity index (χ4v) is 3.40. The maximum absolute atomic E-state index is 12.2. The van der Waals surface area contributed by atoms with Crippen LogP contribution in [0, 0.1) is 0 Å². The number of nitrogens with one attached hydrogen (secondary N) is 1. The second kappa shape index (κ2) is 20.1. The molecule has 0 rings (SSSR count). The Labute approximate surface area is 178 Å². The van der Waals surface area contributed by atoms with Crippen molar-refractivity contribution >= 4 is 11.9 Å². The third-order valence-electron chi connectivity index (χ3n) is 5.34. The molecule has 6 nitrogen and oxygen atoms in total. The molecule has 0 aliphatic heterocycles. The van der Waals surface area contributed by atoms with Crippen molar-refractivity contribution in [1.82, 2.24) is 10.2 Å². The van der Waals surface area contributed by atoms with Gasteiger partial charge >= 0.3 is 11.9 Å². The summed E-state index contributed by atoms with van der Waals surface area (Å²) in [6.45, 7) is 10.3. The van der Waals surface area contributed by atoms with Gasteiger partial charge in [0, 0.05) is 6.54 Å². The number of hydrogen-bond donors (Lipinski definition) is 2. The Balaban J connectivity index is 3.87. The first-order valence-electron chi connectivity index (χ1n) is 11.9. The monoisotopic (exact) mass is 414 g/mol. The summed E-state index contributed by atoms with van der Waals surface area (Å²) in [5.74, 6) is -1.43. The second-order valence-electron chi connectivity index (χ2n) is 7.83. The van der Waals surface area contributed by atoms with Crippen LogP contribution in [-0.2, 0) is 14.3 Å². The number of carbonyl (C=O) groups excluding carboxylic acids is 1. The minimum atomic E-state index is -0.981. The van der Waals surface area contributed by atoms with Gasteiger partial charge in [-0.1, -0.05) is 78.6 Å². The van der Waals surface area contributed by atoms with Gasteiger partial charge in [-0.25, -0.2) is 0 Å². The average molecular weight is 415 g/mol. The summed E-state index contributed by atoms with van der Waals surface area (Å²) >= 11 is 0. The van der Waals surface area contributed by atoms with Crippen LogP contribution >= 0.6 is 0 Å². The Morgan fingerprint density at radius 2 is 1.41 bits per heavy atom. The zero-order chi connectivity index (χ0) is 21.7. The lowest BCUT2D eigenvalue weighted by atomic mass is 10.1. The molecule has 0 bridgehead atoms. The molecule has 0 aliphatic carbocycles. The van der Waals surface area contributed by atoms with Crippen molar-refractivity contribution in [2.75, 3.05) is 32.8 Å². The quantitative estimate of drug-likeness (QED) is 0.211. The molecule has 0 aromatic heterocycles. The predicted octanol–water partition coefficient (Wildman–Crippen LogP) is 4.62. The van der Waals surface area contributed by atoms with E-state index >= 15 is 0 Å². The lowest BCUT2D eigenvalue weighted by Gasteiger charge is -2.19. The number of aliphatic carboxylic acids is 1. The molecule has 0 saturated heterocycles. The fraction of sp³-hybridized carbons (Fsp3) is 0.913. The largest absolute Gasteiger partial charge is 0.481 e. The number of ether oxygens (including phenoxy) is 1. The standard InChI is InChI=1S/C23H46N2O4/c1-4-7-8-9-10-11-12-13-14-15-17-24-21(20-22(26)27)23(28)29-19-16-18-25(5-2)6-3/h21,24H,4-20H2,1-3H3,(H,26,27). The molecular formula is C23H46N2O4. The van der Waals surface area contributed by atoms with E-state index in [0.29, 0.717) is 13.2 Å². The highest BCUT2D eigenvalue weighted by Gasteiger charge is 2.22. The van der Waals surface area contributed by atoms with Crippen molar-refractivity contribution < 1.29 is 19.4 Å². The third kappa shape index (κ3) is 17.4. The summed E-state index contributed by atoms with van der Waals surface area (Å²) in [5.41, 5.74) is 0. The lowest BCUT2D eigenvalue weighted by molar-refractivity contribution is -0.150. The summed E-state index contributed by atoms with van der Waals surface area (Å²) in [6, 6.07) is -0.750. The van der Waals surface area contributed by atoms with Gasteiger partial charge in [0.25, 0.3) is 0 Å². The number of carboxylic acids is 1. The van der Waals surface area contributed by atoms with Crippen LogP contribution in [0.4, 0.5) is 0 Å². The Morgan fingerprint density at radius 1 is 0.862 bits per heavy atom. The van der Waals surface area contributed by atoms with E-state index in [9.17, 15) is 9.59 Å². The number of nitrogens with zero attached hydrogens (tertiary/aromatic N) is 1.